The van der Waals surface area contributed by atoms with Crippen LogP contribution >= 0.6 is 0 Å². The van der Waals surface area contributed by atoms with Gasteiger partial charge in [-0.05, 0) is 36.5 Å². The number of esters is 1. The van der Waals surface area contributed by atoms with Gasteiger partial charge in [-0.15, -0.1) is 0 Å². The van der Waals surface area contributed by atoms with Crippen LogP contribution in [0.5, 0.6) is 0 Å². The third-order valence-electron chi connectivity index (χ3n) is 4.90. The van der Waals surface area contributed by atoms with Crippen molar-refractivity contribution < 1.29 is 23.5 Å². The Morgan fingerprint density at radius 1 is 1.19 bits per heavy atom. The van der Waals surface area contributed by atoms with Crippen LogP contribution in [0.25, 0.3) is 0 Å². The van der Waals surface area contributed by atoms with Crippen LogP contribution in [0.4, 0.5) is 4.39 Å². The molecular formula is C20H27FN2O4. The quantitative estimate of drug-likeness (QED) is 0.712. The maximum Gasteiger partial charge on any atom is 0.328 e. The van der Waals surface area contributed by atoms with E-state index in [1.807, 2.05) is 0 Å². The second-order valence-corrected chi connectivity index (χ2v) is 6.99. The first-order valence-electron chi connectivity index (χ1n) is 9.30. The maximum absolute atomic E-state index is 13.4. The van der Waals surface area contributed by atoms with Gasteiger partial charge in [-0.2, -0.15) is 0 Å². The Balaban J connectivity index is 2.13. The summed E-state index contributed by atoms with van der Waals surface area (Å²) in [6.07, 6.45) is 4.94. The minimum absolute atomic E-state index is 0.0160. The molecule has 1 aromatic carbocycles. The van der Waals surface area contributed by atoms with Gasteiger partial charge < -0.3 is 15.4 Å². The second kappa shape index (κ2) is 10.0. The number of rotatable bonds is 7. The van der Waals surface area contributed by atoms with Crippen molar-refractivity contribution in [3.05, 3.63) is 35.6 Å². The van der Waals surface area contributed by atoms with Crippen molar-refractivity contribution in [2.75, 3.05) is 7.11 Å². The third-order valence-corrected chi connectivity index (χ3v) is 4.90. The first-order chi connectivity index (χ1) is 12.9. The molecule has 0 saturated heterocycles. The molecule has 0 aromatic heterocycles. The van der Waals surface area contributed by atoms with Crippen molar-refractivity contribution in [3.63, 3.8) is 0 Å². The number of carbonyl (C=O) groups excluding carboxylic acids is 3. The van der Waals surface area contributed by atoms with Gasteiger partial charge in [0, 0.05) is 13.3 Å². The van der Waals surface area contributed by atoms with Gasteiger partial charge in [-0.25, -0.2) is 9.18 Å². The van der Waals surface area contributed by atoms with Gasteiger partial charge in [0.1, 0.15) is 17.9 Å². The largest absolute Gasteiger partial charge is 0.467 e. The Morgan fingerprint density at radius 2 is 1.89 bits per heavy atom. The number of hydrogen-bond acceptors (Lipinski definition) is 4. The number of halogens is 1. The Hall–Kier alpha value is -2.44. The molecule has 27 heavy (non-hydrogen) atoms. The monoisotopic (exact) mass is 378 g/mol. The lowest BCUT2D eigenvalue weighted by Gasteiger charge is -2.30. The molecule has 0 radical (unpaired) electrons. The summed E-state index contributed by atoms with van der Waals surface area (Å²) < 4.78 is 18.3. The number of hydrogen-bond donors (Lipinski definition) is 2. The van der Waals surface area contributed by atoms with E-state index >= 15 is 0 Å². The molecule has 2 amide bonds. The van der Waals surface area contributed by atoms with Crippen molar-refractivity contribution in [3.8, 4) is 0 Å². The van der Waals surface area contributed by atoms with Gasteiger partial charge in [0.15, 0.2) is 0 Å². The van der Waals surface area contributed by atoms with Crippen LogP contribution in [0.15, 0.2) is 24.3 Å². The van der Waals surface area contributed by atoms with Crippen molar-refractivity contribution in [1.82, 2.24) is 10.6 Å². The molecule has 0 unspecified atom stereocenters. The fourth-order valence-corrected chi connectivity index (χ4v) is 3.57. The normalized spacial score (nSPS) is 16.9. The molecule has 0 spiro atoms. The van der Waals surface area contributed by atoms with Crippen molar-refractivity contribution >= 4 is 17.8 Å². The number of methoxy groups -OCH3 is 1. The smallest absolute Gasteiger partial charge is 0.328 e. The molecule has 6 nitrogen and oxygen atoms in total. The molecule has 1 fully saturated rings. The molecule has 1 aliphatic rings. The molecule has 7 heteroatoms. The molecule has 148 valence electrons. The third kappa shape index (κ3) is 6.34. The molecule has 0 heterocycles. The van der Waals surface area contributed by atoms with Crippen LogP contribution in [0.3, 0.4) is 0 Å². The number of nitrogens with one attached hydrogen (secondary N) is 2. The fourth-order valence-electron chi connectivity index (χ4n) is 3.57. The average Bonchev–Trinajstić information content (AvgIpc) is 2.65. The highest BCUT2D eigenvalue weighted by Crippen LogP contribution is 2.27. The van der Waals surface area contributed by atoms with E-state index in [9.17, 15) is 18.8 Å². The second-order valence-electron chi connectivity index (χ2n) is 6.99. The maximum atomic E-state index is 13.4. The Morgan fingerprint density at radius 3 is 2.48 bits per heavy atom. The van der Waals surface area contributed by atoms with E-state index in [0.29, 0.717) is 5.56 Å². The lowest BCUT2D eigenvalue weighted by atomic mass is 9.83. The molecular weight excluding hydrogens is 351 g/mol. The van der Waals surface area contributed by atoms with E-state index in [0.717, 1.165) is 32.1 Å². The van der Waals surface area contributed by atoms with Gasteiger partial charge >= 0.3 is 5.97 Å². The van der Waals surface area contributed by atoms with Crippen LogP contribution in [0, 0.1) is 11.7 Å². The summed E-state index contributed by atoms with van der Waals surface area (Å²) in [7, 11) is 1.29. The molecule has 1 aliphatic carbocycles. The SMILES string of the molecule is COC(=O)[C@@H](NC(=O)[C@H](Cc1cccc(F)c1)NC(C)=O)C1CCCCC1. The number of benzene rings is 1. The van der Waals surface area contributed by atoms with E-state index in [2.05, 4.69) is 10.6 Å². The Kier molecular flexibility index (Phi) is 7.76. The number of ether oxygens (including phenoxy) is 1. The summed E-state index contributed by atoms with van der Waals surface area (Å²) in [6, 6.07) is 4.22. The summed E-state index contributed by atoms with van der Waals surface area (Å²) >= 11 is 0. The van der Waals surface area contributed by atoms with E-state index in [1.165, 1.54) is 26.2 Å². The summed E-state index contributed by atoms with van der Waals surface area (Å²) in [4.78, 5) is 36.6. The highest BCUT2D eigenvalue weighted by atomic mass is 19.1. The first-order valence-corrected chi connectivity index (χ1v) is 9.30. The van der Waals surface area contributed by atoms with Gasteiger partial charge in [-0.3, -0.25) is 9.59 Å². The predicted octanol–water partition coefficient (Wildman–Crippen LogP) is 2.11. The van der Waals surface area contributed by atoms with Crippen molar-refractivity contribution in [2.24, 2.45) is 5.92 Å². The average molecular weight is 378 g/mol. The lowest BCUT2D eigenvalue weighted by Crippen LogP contribution is -2.54. The highest BCUT2D eigenvalue weighted by Gasteiger charge is 2.33. The van der Waals surface area contributed by atoms with Crippen LogP contribution in [-0.2, 0) is 25.5 Å². The van der Waals surface area contributed by atoms with E-state index in [-0.39, 0.29) is 18.2 Å². The van der Waals surface area contributed by atoms with Gasteiger partial charge in [0.05, 0.1) is 7.11 Å². The zero-order valence-corrected chi connectivity index (χ0v) is 15.8. The van der Waals surface area contributed by atoms with Crippen molar-refractivity contribution in [2.45, 2.75) is 57.5 Å². The summed E-state index contributed by atoms with van der Waals surface area (Å²) in [5, 5.41) is 5.34. The minimum Gasteiger partial charge on any atom is -0.467 e. The standard InChI is InChI=1S/C20H27FN2O4/c1-13(24)22-17(12-14-7-6-10-16(21)11-14)19(25)23-18(20(26)27-2)15-8-4-3-5-9-15/h6-7,10-11,15,17-18H,3-5,8-9,12H2,1-2H3,(H,22,24)(H,23,25)/t17-,18-/m0/s1. The molecule has 2 rings (SSSR count). The van der Waals surface area contributed by atoms with Crippen LogP contribution in [0.2, 0.25) is 0 Å². The lowest BCUT2D eigenvalue weighted by molar-refractivity contribution is -0.147. The van der Waals surface area contributed by atoms with Crippen LogP contribution in [0.1, 0.15) is 44.6 Å². The molecule has 1 aromatic rings. The molecule has 2 N–H and O–H groups in total. The van der Waals surface area contributed by atoms with Crippen molar-refractivity contribution in [1.29, 1.82) is 0 Å². The molecule has 0 aliphatic heterocycles. The molecule has 2 atom stereocenters. The number of carbonyl (C=O) groups is 3. The Bertz CT molecular complexity index is 674. The first kappa shape index (κ1) is 20.9. The Labute approximate surface area is 158 Å². The number of amides is 2. The highest BCUT2D eigenvalue weighted by molar-refractivity contribution is 5.90. The van der Waals surface area contributed by atoms with E-state index in [1.54, 1.807) is 12.1 Å². The minimum atomic E-state index is -0.903. The molecule has 0 bridgehead atoms. The zero-order chi connectivity index (χ0) is 19.8. The predicted molar refractivity (Wildman–Crippen MR) is 98.2 cm³/mol. The topological polar surface area (TPSA) is 84.5 Å². The van der Waals surface area contributed by atoms with Gasteiger partial charge in [0.25, 0.3) is 0 Å². The zero-order valence-electron chi connectivity index (χ0n) is 15.8. The van der Waals surface area contributed by atoms with E-state index < -0.39 is 29.8 Å². The summed E-state index contributed by atoms with van der Waals surface area (Å²) in [5.74, 6) is -1.73. The molecule has 1 saturated carbocycles. The van der Waals surface area contributed by atoms with E-state index in [4.69, 9.17) is 4.74 Å². The van der Waals surface area contributed by atoms with Crippen LogP contribution < -0.4 is 10.6 Å². The summed E-state index contributed by atoms with van der Waals surface area (Å²) in [5.41, 5.74) is 0.580. The van der Waals surface area contributed by atoms with Gasteiger partial charge in [0.2, 0.25) is 11.8 Å². The van der Waals surface area contributed by atoms with Crippen LogP contribution in [-0.4, -0.2) is 37.0 Å². The fraction of sp³-hybridized carbons (Fsp3) is 0.550. The van der Waals surface area contributed by atoms with Gasteiger partial charge in [-0.1, -0.05) is 31.4 Å². The summed E-state index contributed by atoms with van der Waals surface area (Å²) in [6.45, 7) is 1.31.